The first-order valence-corrected chi connectivity index (χ1v) is 15.0. The quantitative estimate of drug-likeness (QED) is 0.120. The zero-order valence-corrected chi connectivity index (χ0v) is 23.7. The number of aryl methyl sites for hydroxylation is 1. The lowest BCUT2D eigenvalue weighted by Crippen LogP contribution is -2.21. The molecule has 0 aliphatic heterocycles. The maximum Gasteiger partial charge on any atom is 0.187 e. The van der Waals surface area contributed by atoms with E-state index in [1.807, 2.05) is 36.4 Å². The van der Waals surface area contributed by atoms with Crippen molar-refractivity contribution in [2.24, 2.45) is 20.5 Å². The van der Waals surface area contributed by atoms with Gasteiger partial charge < -0.3 is 4.90 Å². The molecule has 37 heavy (non-hydrogen) atoms. The van der Waals surface area contributed by atoms with Crippen molar-refractivity contribution in [2.45, 2.75) is 65.7 Å². The summed E-state index contributed by atoms with van der Waals surface area (Å²) >= 11 is 3.28. The Morgan fingerprint density at radius 1 is 0.676 bits per heavy atom. The Labute approximate surface area is 228 Å². The molecule has 0 bridgehead atoms. The Morgan fingerprint density at radius 3 is 1.84 bits per heavy atom. The highest BCUT2D eigenvalue weighted by molar-refractivity contribution is 7.30. The number of hydrogen-bond donors (Lipinski definition) is 0. The maximum atomic E-state index is 4.76. The molecule has 4 aromatic rings. The molecule has 0 atom stereocenters. The van der Waals surface area contributed by atoms with Crippen molar-refractivity contribution in [2.75, 3.05) is 18.0 Å². The van der Waals surface area contributed by atoms with Crippen molar-refractivity contribution in [3.05, 3.63) is 60.2 Å². The van der Waals surface area contributed by atoms with Crippen LogP contribution in [0.2, 0.25) is 0 Å². The number of unbranched alkanes of at least 4 members (excludes halogenated alkanes) is 5. The van der Waals surface area contributed by atoms with Gasteiger partial charge in [-0.05, 0) is 74.7 Å². The van der Waals surface area contributed by atoms with Gasteiger partial charge in [-0.2, -0.15) is 10.2 Å². The molecule has 0 spiro atoms. The second-order valence-corrected chi connectivity index (χ2v) is 11.0. The molecule has 0 aliphatic carbocycles. The van der Waals surface area contributed by atoms with Gasteiger partial charge in [0.1, 0.15) is 9.83 Å². The number of azo groups is 2. The number of nitrogens with zero attached hydrogens (tertiary/aromatic N) is 6. The SMILES string of the molecule is CCCCCCCCc1ccc(N=Nc2ccc(N=Nc3cc4sc(N(CC)CC)nc4s3)cc2)cc1. The van der Waals surface area contributed by atoms with Gasteiger partial charge in [0, 0.05) is 13.1 Å². The van der Waals surface area contributed by atoms with Gasteiger partial charge in [0.15, 0.2) is 5.13 Å². The zero-order chi connectivity index (χ0) is 25.9. The number of anilines is 1. The lowest BCUT2D eigenvalue weighted by molar-refractivity contribution is 0.607. The van der Waals surface area contributed by atoms with Gasteiger partial charge in [0.2, 0.25) is 0 Å². The summed E-state index contributed by atoms with van der Waals surface area (Å²) in [5.41, 5.74) is 3.81. The highest BCUT2D eigenvalue weighted by Crippen LogP contribution is 2.39. The van der Waals surface area contributed by atoms with E-state index < -0.39 is 0 Å². The summed E-state index contributed by atoms with van der Waals surface area (Å²) in [6, 6.07) is 18.1. The molecule has 2 aromatic carbocycles. The smallest absolute Gasteiger partial charge is 0.187 e. The number of hydrogen-bond acceptors (Lipinski definition) is 8. The third-order valence-corrected chi connectivity index (χ3v) is 8.35. The first-order chi connectivity index (χ1) is 18.2. The average Bonchev–Trinajstić information content (AvgIpc) is 3.49. The van der Waals surface area contributed by atoms with Crippen molar-refractivity contribution in [1.82, 2.24) is 4.98 Å². The maximum absolute atomic E-state index is 4.76. The van der Waals surface area contributed by atoms with Gasteiger partial charge in [-0.1, -0.05) is 73.8 Å². The predicted octanol–water partition coefficient (Wildman–Crippen LogP) is 10.9. The Bertz CT molecular complexity index is 1250. The first-order valence-electron chi connectivity index (χ1n) is 13.4. The minimum absolute atomic E-state index is 0.784. The molecule has 0 amide bonds. The molecule has 8 heteroatoms. The van der Waals surface area contributed by atoms with Gasteiger partial charge in [0.25, 0.3) is 0 Å². The zero-order valence-electron chi connectivity index (χ0n) is 22.1. The molecule has 2 heterocycles. The average molecular weight is 533 g/mol. The minimum atomic E-state index is 0.784. The van der Waals surface area contributed by atoms with E-state index in [1.165, 1.54) is 44.1 Å². The standard InChI is InChI=1S/C29H36N6S2/c1-4-7-8-9-10-11-12-22-13-15-23(16-14-22)31-32-24-17-19-25(20-18-24)33-34-27-21-26-28(37-27)30-29(36-26)35(5-2)6-3/h13-21H,4-12H2,1-3H3. The first kappa shape index (κ1) is 27.1. The van der Waals surface area contributed by atoms with E-state index in [0.29, 0.717) is 0 Å². The topological polar surface area (TPSA) is 65.6 Å². The number of benzene rings is 2. The molecule has 0 saturated carbocycles. The third-order valence-electron chi connectivity index (χ3n) is 6.25. The van der Waals surface area contributed by atoms with E-state index in [0.717, 1.165) is 56.2 Å². The molecule has 4 rings (SSSR count). The summed E-state index contributed by atoms with van der Waals surface area (Å²) in [5, 5.41) is 19.5. The monoisotopic (exact) mass is 532 g/mol. The number of thiophene rings is 1. The van der Waals surface area contributed by atoms with E-state index in [-0.39, 0.29) is 0 Å². The van der Waals surface area contributed by atoms with Crippen LogP contribution in [-0.2, 0) is 6.42 Å². The van der Waals surface area contributed by atoms with E-state index in [2.05, 4.69) is 64.3 Å². The van der Waals surface area contributed by atoms with Crippen LogP contribution >= 0.6 is 22.7 Å². The van der Waals surface area contributed by atoms with Crippen LogP contribution in [0.5, 0.6) is 0 Å². The number of aromatic nitrogens is 1. The summed E-state index contributed by atoms with van der Waals surface area (Å²) in [6.07, 6.45) is 9.08. The molecule has 0 radical (unpaired) electrons. The summed E-state index contributed by atoms with van der Waals surface area (Å²) < 4.78 is 1.16. The van der Waals surface area contributed by atoms with Crippen LogP contribution in [0.15, 0.2) is 75.1 Å². The fourth-order valence-corrected chi connectivity index (χ4v) is 6.19. The van der Waals surface area contributed by atoms with Gasteiger partial charge in [0.05, 0.1) is 21.8 Å². The lowest BCUT2D eigenvalue weighted by atomic mass is 10.0. The largest absolute Gasteiger partial charge is 0.349 e. The number of rotatable bonds is 14. The lowest BCUT2D eigenvalue weighted by Gasteiger charge is -2.16. The Hall–Kier alpha value is -2.97. The summed E-state index contributed by atoms with van der Waals surface area (Å²) in [6.45, 7) is 8.49. The van der Waals surface area contributed by atoms with Gasteiger partial charge >= 0.3 is 0 Å². The van der Waals surface area contributed by atoms with Crippen molar-refractivity contribution in [3.8, 4) is 0 Å². The van der Waals surface area contributed by atoms with Crippen LogP contribution in [0.1, 0.15) is 64.9 Å². The van der Waals surface area contributed by atoms with Crippen LogP contribution in [0.3, 0.4) is 0 Å². The molecule has 0 saturated heterocycles. The normalized spacial score (nSPS) is 11.9. The van der Waals surface area contributed by atoms with Crippen molar-refractivity contribution in [1.29, 1.82) is 0 Å². The summed E-state index contributed by atoms with van der Waals surface area (Å²) in [4.78, 5) is 8.04. The van der Waals surface area contributed by atoms with E-state index in [1.54, 1.807) is 22.7 Å². The second-order valence-electron chi connectivity index (χ2n) is 9.02. The minimum Gasteiger partial charge on any atom is -0.349 e. The molecule has 0 aliphatic rings. The van der Waals surface area contributed by atoms with Crippen LogP contribution in [-0.4, -0.2) is 18.1 Å². The van der Waals surface area contributed by atoms with E-state index >= 15 is 0 Å². The molecule has 0 N–H and O–H groups in total. The van der Waals surface area contributed by atoms with E-state index in [4.69, 9.17) is 4.98 Å². The highest BCUT2D eigenvalue weighted by Gasteiger charge is 2.12. The molecule has 194 valence electrons. The molecule has 0 fully saturated rings. The molecule has 2 aromatic heterocycles. The predicted molar refractivity (Wildman–Crippen MR) is 159 cm³/mol. The Kier molecular flexibility index (Phi) is 10.3. The summed E-state index contributed by atoms with van der Waals surface area (Å²) in [7, 11) is 0. The highest BCUT2D eigenvalue weighted by atomic mass is 32.1. The van der Waals surface area contributed by atoms with E-state index in [9.17, 15) is 0 Å². The molecular formula is C29H36N6S2. The Morgan fingerprint density at radius 2 is 1.24 bits per heavy atom. The fourth-order valence-electron chi connectivity index (χ4n) is 4.04. The second kappa shape index (κ2) is 14.1. The number of fused-ring (bicyclic) bond motifs is 1. The molecular weight excluding hydrogens is 496 g/mol. The molecule has 6 nitrogen and oxygen atoms in total. The summed E-state index contributed by atoms with van der Waals surface area (Å²) in [5.74, 6) is 0. The van der Waals surface area contributed by atoms with Crippen LogP contribution in [0.25, 0.3) is 9.53 Å². The number of thiazole rings is 1. The third kappa shape index (κ3) is 8.01. The van der Waals surface area contributed by atoms with Crippen LogP contribution in [0.4, 0.5) is 27.2 Å². The van der Waals surface area contributed by atoms with Gasteiger partial charge in [-0.3, -0.25) is 0 Å². The fraction of sp³-hybridized carbons (Fsp3) is 0.414. The van der Waals surface area contributed by atoms with Crippen LogP contribution in [0, 0.1) is 0 Å². The van der Waals surface area contributed by atoms with Gasteiger partial charge in [-0.25, -0.2) is 4.98 Å². The van der Waals surface area contributed by atoms with Crippen molar-refractivity contribution < 1.29 is 0 Å². The molecule has 0 unspecified atom stereocenters. The van der Waals surface area contributed by atoms with Crippen molar-refractivity contribution >= 4 is 59.4 Å². The Balaban J connectivity index is 1.27. The van der Waals surface area contributed by atoms with Crippen LogP contribution < -0.4 is 4.90 Å². The van der Waals surface area contributed by atoms with Gasteiger partial charge in [-0.15, -0.1) is 10.2 Å². The van der Waals surface area contributed by atoms with Crippen molar-refractivity contribution in [3.63, 3.8) is 0 Å².